The van der Waals surface area contributed by atoms with Crippen molar-refractivity contribution in [2.45, 2.75) is 79.2 Å². The first-order chi connectivity index (χ1) is 22.8. The maximum atomic E-state index is 12.3. The minimum atomic E-state index is -0.0379. The van der Waals surface area contributed by atoms with Crippen molar-refractivity contribution in [2.75, 3.05) is 47.0 Å². The molecule has 12 heteroatoms. The summed E-state index contributed by atoms with van der Waals surface area (Å²) in [5, 5.41) is 7.11. The van der Waals surface area contributed by atoms with Crippen LogP contribution in [-0.4, -0.2) is 75.6 Å². The summed E-state index contributed by atoms with van der Waals surface area (Å²) in [5.41, 5.74) is 11.2. The number of nitrogens with two attached hydrogens (primary N) is 2. The zero-order chi connectivity index (χ0) is 35.9. The van der Waals surface area contributed by atoms with E-state index in [2.05, 4.69) is 31.5 Å². The standard InChI is InChI=1S/C20H24N4O3.C6H15N.C6H12O2.C2H6N.C2H5.Ag/c1-14(26)23-12-15-6-2-3-7-16(15)20(24(22)10-11-27-13-25)19(21)17-8-4-5-9-18(17)23;1-3-4-5-6-7-2;1-2-5-8-6-3-4-7;1-3-2;1-2;/h2-3,6-9,13H,4-5,10-12,21-22H2,1H3;7H,3-6H2,1-2H3;4H,2-3,5-6H2,1H3;3H,1H2,2H3;1H2,2H3;/q;;;2*-1;/b20-19-;;;;;. The average Bonchev–Trinajstić information content (AvgIpc) is 3.08. The van der Waals surface area contributed by atoms with E-state index in [1.165, 1.54) is 30.8 Å². The van der Waals surface area contributed by atoms with E-state index in [0.29, 0.717) is 44.0 Å². The number of nitrogens with one attached hydrogen (secondary N) is 2. The Balaban J connectivity index is -0.000000796. The van der Waals surface area contributed by atoms with Gasteiger partial charge in [0, 0.05) is 59.2 Å². The molecule has 11 nitrogen and oxygen atoms in total. The van der Waals surface area contributed by atoms with Crippen LogP contribution in [-0.2, 0) is 52.8 Å². The van der Waals surface area contributed by atoms with Gasteiger partial charge in [-0.3, -0.25) is 16.6 Å². The second kappa shape index (κ2) is 34.1. The van der Waals surface area contributed by atoms with Gasteiger partial charge in [-0.05, 0) is 51.9 Å². The molecule has 0 saturated heterocycles. The van der Waals surface area contributed by atoms with Crippen LogP contribution in [0, 0.1) is 14.0 Å². The fourth-order valence-corrected chi connectivity index (χ4v) is 4.41. The number of allylic oxidation sites excluding steroid dienone is 2. The maximum absolute atomic E-state index is 12.3. The van der Waals surface area contributed by atoms with Crippen LogP contribution in [0.4, 0.5) is 0 Å². The number of carbonyl (C=O) groups excluding carboxylic acids is 3. The molecule has 1 aromatic rings. The number of nitrogens with zero attached hydrogens (tertiary/aromatic N) is 2. The monoisotopic (exact) mass is 765 g/mol. The number of rotatable bonds is 14. The van der Waals surface area contributed by atoms with Gasteiger partial charge >= 0.3 is 0 Å². The normalized spacial score (nSPS) is 14.1. The number of amides is 1. The van der Waals surface area contributed by atoms with Gasteiger partial charge in [0.15, 0.2) is 0 Å². The van der Waals surface area contributed by atoms with E-state index >= 15 is 0 Å². The molecule has 0 atom stereocenters. The number of carbonyl (C=O) groups is 3. The van der Waals surface area contributed by atoms with Crippen LogP contribution in [0.2, 0.25) is 0 Å². The zero-order valence-electron chi connectivity index (χ0n) is 30.1. The van der Waals surface area contributed by atoms with Crippen molar-refractivity contribution in [3.05, 3.63) is 78.5 Å². The molecule has 1 aliphatic carbocycles. The number of aldehydes is 1. The second-order valence-corrected chi connectivity index (χ2v) is 10.2. The molecular formula is C36H62AgN6O5-2. The quantitative estimate of drug-likeness (QED) is 0.0516. The summed E-state index contributed by atoms with van der Waals surface area (Å²) >= 11 is 0. The summed E-state index contributed by atoms with van der Waals surface area (Å²) in [6, 6.07) is 7.74. The molecule has 0 saturated carbocycles. The van der Waals surface area contributed by atoms with E-state index in [9.17, 15) is 14.4 Å². The SMILES string of the molecule is CC(=O)N1Cc2ccccc2/C(N(N)CCOC=O)=C(/N)C2=CCCC=C21.CCCCCNC.CCCOCCC=O.[Ag].[CH2-]C.[CH2-]NC. The van der Waals surface area contributed by atoms with Crippen molar-refractivity contribution in [1.82, 2.24) is 20.5 Å². The Bertz CT molecular complexity index is 1080. The first kappa shape index (κ1) is 49.6. The van der Waals surface area contributed by atoms with Gasteiger partial charge in [-0.1, -0.05) is 63.1 Å². The summed E-state index contributed by atoms with van der Waals surface area (Å²) in [5.74, 6) is 6.27. The van der Waals surface area contributed by atoms with Crippen molar-refractivity contribution in [3.63, 3.8) is 0 Å². The fraction of sp³-hybridized carbons (Fsp3) is 0.528. The molecule has 48 heavy (non-hydrogen) atoms. The Morgan fingerprint density at radius 3 is 2.25 bits per heavy atom. The summed E-state index contributed by atoms with van der Waals surface area (Å²) in [6.07, 6.45) is 12.2. The van der Waals surface area contributed by atoms with Crippen LogP contribution < -0.4 is 22.2 Å². The van der Waals surface area contributed by atoms with E-state index < -0.39 is 0 Å². The van der Waals surface area contributed by atoms with Crippen LogP contribution in [0.3, 0.4) is 0 Å². The molecule has 0 unspecified atom stereocenters. The minimum absolute atomic E-state index is 0. The van der Waals surface area contributed by atoms with Crippen molar-refractivity contribution in [1.29, 1.82) is 0 Å². The number of fused-ring (bicyclic) bond motifs is 2. The summed E-state index contributed by atoms with van der Waals surface area (Å²) in [6.45, 7) is 14.6. The van der Waals surface area contributed by atoms with E-state index in [1.54, 1.807) is 25.8 Å². The number of hydrogen-bond acceptors (Lipinski definition) is 10. The van der Waals surface area contributed by atoms with Gasteiger partial charge in [0.1, 0.15) is 12.9 Å². The first-order valence-corrected chi connectivity index (χ1v) is 16.4. The average molecular weight is 767 g/mol. The zero-order valence-corrected chi connectivity index (χ0v) is 31.6. The predicted octanol–water partition coefficient (Wildman–Crippen LogP) is 4.86. The third kappa shape index (κ3) is 20.6. The number of hydrazine groups is 1. The Morgan fingerprint density at radius 1 is 1.04 bits per heavy atom. The number of ether oxygens (including phenoxy) is 2. The van der Waals surface area contributed by atoms with Crippen LogP contribution >= 0.6 is 0 Å². The van der Waals surface area contributed by atoms with Crippen molar-refractivity contribution < 1.29 is 46.2 Å². The summed E-state index contributed by atoms with van der Waals surface area (Å²) in [4.78, 5) is 34.2. The van der Waals surface area contributed by atoms with E-state index in [-0.39, 0.29) is 34.9 Å². The summed E-state index contributed by atoms with van der Waals surface area (Å²) < 4.78 is 9.78. The fourth-order valence-electron chi connectivity index (χ4n) is 4.41. The minimum Gasteiger partial charge on any atom is -0.475 e. The molecule has 0 bridgehead atoms. The van der Waals surface area contributed by atoms with Crippen LogP contribution in [0.15, 0.2) is 53.4 Å². The molecule has 279 valence electrons. The summed E-state index contributed by atoms with van der Waals surface area (Å²) in [7, 11) is 7.00. The third-order valence-corrected chi connectivity index (χ3v) is 6.51. The molecule has 3 rings (SSSR count). The molecule has 0 fully saturated rings. The molecular weight excluding hydrogens is 704 g/mol. The van der Waals surface area contributed by atoms with Crippen molar-refractivity contribution in [3.8, 4) is 0 Å². The Kier molecular flexibility index (Phi) is 35.3. The Hall–Kier alpha value is -2.77. The number of hydrogen-bond donors (Lipinski definition) is 4. The van der Waals surface area contributed by atoms with E-state index in [4.69, 9.17) is 21.1 Å². The molecule has 6 N–H and O–H groups in total. The van der Waals surface area contributed by atoms with Gasteiger partial charge in [-0.2, -0.15) is 6.92 Å². The topological polar surface area (TPSA) is 152 Å². The van der Waals surface area contributed by atoms with Crippen molar-refractivity contribution >= 4 is 24.4 Å². The third-order valence-electron chi connectivity index (χ3n) is 6.51. The maximum Gasteiger partial charge on any atom is 0.293 e. The van der Waals surface area contributed by atoms with Gasteiger partial charge in [-0.15, -0.1) is 0 Å². The van der Waals surface area contributed by atoms with Gasteiger partial charge in [0.2, 0.25) is 5.91 Å². The molecule has 1 heterocycles. The second-order valence-electron chi connectivity index (χ2n) is 10.2. The largest absolute Gasteiger partial charge is 0.475 e. The van der Waals surface area contributed by atoms with Crippen molar-refractivity contribution in [2.24, 2.45) is 11.6 Å². The van der Waals surface area contributed by atoms with E-state index in [0.717, 1.165) is 54.6 Å². The number of unbranched alkanes of at least 4 members (excludes halogenated alkanes) is 2. The first-order valence-electron chi connectivity index (χ1n) is 16.4. The van der Waals surface area contributed by atoms with Gasteiger partial charge < -0.3 is 47.5 Å². The van der Waals surface area contributed by atoms with Gasteiger partial charge in [0.25, 0.3) is 6.47 Å². The predicted molar refractivity (Wildman–Crippen MR) is 193 cm³/mol. The molecule has 1 radical (unpaired) electrons. The van der Waals surface area contributed by atoms with Gasteiger partial charge in [0.05, 0.1) is 31.1 Å². The molecule has 0 aromatic heterocycles. The Labute approximate surface area is 306 Å². The molecule has 1 amide bonds. The van der Waals surface area contributed by atoms with E-state index in [1.807, 2.05) is 50.4 Å². The Morgan fingerprint density at radius 2 is 1.69 bits per heavy atom. The van der Waals surface area contributed by atoms with Gasteiger partial charge in [-0.25, -0.2) is 5.84 Å². The molecule has 1 aliphatic heterocycles. The molecule has 2 aliphatic rings. The van der Waals surface area contributed by atoms with Crippen LogP contribution in [0.25, 0.3) is 5.70 Å². The number of benzene rings is 1. The van der Waals surface area contributed by atoms with Crippen LogP contribution in [0.5, 0.6) is 0 Å². The molecule has 1 aromatic carbocycles. The molecule has 0 spiro atoms. The smallest absolute Gasteiger partial charge is 0.293 e. The van der Waals surface area contributed by atoms with Crippen LogP contribution in [0.1, 0.15) is 83.8 Å².